The zero-order valence-corrected chi connectivity index (χ0v) is 11.7. The summed E-state index contributed by atoms with van der Waals surface area (Å²) in [4.78, 5) is 8.25. The first kappa shape index (κ1) is 13.6. The monoisotopic (exact) mass is 302 g/mol. The summed E-state index contributed by atoms with van der Waals surface area (Å²) in [7, 11) is 1.55. The molecule has 1 aromatic carbocycles. The molecule has 0 saturated carbocycles. The molecule has 2 rings (SSSR count). The van der Waals surface area contributed by atoms with E-state index in [0.717, 1.165) is 0 Å². The molecular weight excluding hydrogens is 295 g/mol. The number of rotatable bonds is 3. The molecule has 6 heteroatoms. The molecule has 0 aliphatic carbocycles. The van der Waals surface area contributed by atoms with Crippen LogP contribution in [-0.2, 0) is 11.3 Å². The highest BCUT2D eigenvalue weighted by molar-refractivity contribution is 6.40. The number of benzene rings is 1. The van der Waals surface area contributed by atoms with Gasteiger partial charge in [0.15, 0.2) is 5.82 Å². The van der Waals surface area contributed by atoms with Crippen molar-refractivity contribution in [2.24, 2.45) is 0 Å². The Kier molecular flexibility index (Phi) is 4.40. The second-order valence-corrected chi connectivity index (χ2v) is 4.63. The van der Waals surface area contributed by atoms with E-state index in [1.807, 2.05) is 18.2 Å². The minimum absolute atomic E-state index is 0.252. The van der Waals surface area contributed by atoms with Crippen LogP contribution in [-0.4, -0.2) is 17.1 Å². The van der Waals surface area contributed by atoms with Crippen molar-refractivity contribution in [2.45, 2.75) is 6.61 Å². The Morgan fingerprint density at radius 2 is 1.67 bits per heavy atom. The molecule has 18 heavy (non-hydrogen) atoms. The van der Waals surface area contributed by atoms with Crippen LogP contribution in [0.1, 0.15) is 5.82 Å². The molecule has 0 amide bonds. The van der Waals surface area contributed by atoms with Gasteiger partial charge in [-0.25, -0.2) is 9.97 Å². The van der Waals surface area contributed by atoms with Gasteiger partial charge in [-0.3, -0.25) is 0 Å². The van der Waals surface area contributed by atoms with E-state index in [1.54, 1.807) is 13.2 Å². The van der Waals surface area contributed by atoms with Crippen molar-refractivity contribution in [1.29, 1.82) is 0 Å². The number of nitrogens with zero attached hydrogens (tertiary/aromatic N) is 2. The van der Waals surface area contributed by atoms with Gasteiger partial charge in [0.25, 0.3) is 0 Å². The van der Waals surface area contributed by atoms with Crippen LogP contribution in [0.3, 0.4) is 0 Å². The van der Waals surface area contributed by atoms with Crippen molar-refractivity contribution >= 4 is 34.8 Å². The molecule has 0 N–H and O–H groups in total. The molecule has 1 heterocycles. The highest BCUT2D eigenvalue weighted by Crippen LogP contribution is 2.36. The molecule has 0 fully saturated rings. The number of methoxy groups -OCH3 is 1. The molecule has 0 atom stereocenters. The van der Waals surface area contributed by atoms with E-state index in [1.165, 1.54) is 0 Å². The fourth-order valence-corrected chi connectivity index (χ4v) is 2.38. The molecule has 1 aromatic heterocycles. The molecule has 94 valence electrons. The van der Waals surface area contributed by atoms with Gasteiger partial charge in [-0.15, -0.1) is 0 Å². The largest absolute Gasteiger partial charge is 0.377 e. The molecule has 0 bridgehead atoms. The van der Waals surface area contributed by atoms with Gasteiger partial charge in [-0.2, -0.15) is 0 Å². The highest BCUT2D eigenvalue weighted by atomic mass is 35.5. The van der Waals surface area contributed by atoms with Gasteiger partial charge < -0.3 is 4.74 Å². The lowest BCUT2D eigenvalue weighted by atomic mass is 10.1. The van der Waals surface area contributed by atoms with Crippen LogP contribution in [0.4, 0.5) is 0 Å². The third-order valence-corrected chi connectivity index (χ3v) is 3.16. The highest BCUT2D eigenvalue weighted by Gasteiger charge is 2.15. The molecule has 0 spiro atoms. The Bertz CT molecular complexity index is 552. The predicted octanol–water partition coefficient (Wildman–Crippen LogP) is 4.25. The first-order valence-corrected chi connectivity index (χ1v) is 6.22. The second-order valence-electron chi connectivity index (χ2n) is 3.51. The Labute approximate surface area is 120 Å². The van der Waals surface area contributed by atoms with Gasteiger partial charge >= 0.3 is 0 Å². The van der Waals surface area contributed by atoms with Gasteiger partial charge in [-0.1, -0.05) is 53.0 Å². The maximum atomic E-state index is 6.13. The molecular formula is C12H9Cl3N2O. The van der Waals surface area contributed by atoms with Gasteiger partial charge in [0.05, 0.1) is 5.56 Å². The first-order chi connectivity index (χ1) is 8.63. The van der Waals surface area contributed by atoms with Gasteiger partial charge in [-0.05, 0) is 6.07 Å². The molecule has 0 unspecified atom stereocenters. The van der Waals surface area contributed by atoms with Crippen molar-refractivity contribution in [2.75, 3.05) is 7.11 Å². The number of aromatic nitrogens is 2. The first-order valence-electron chi connectivity index (χ1n) is 5.09. The molecule has 0 saturated heterocycles. The van der Waals surface area contributed by atoms with E-state index in [2.05, 4.69) is 9.97 Å². The minimum Gasteiger partial charge on any atom is -0.377 e. The summed E-state index contributed by atoms with van der Waals surface area (Å²) in [6.07, 6.45) is 0. The van der Waals surface area contributed by atoms with Crippen LogP contribution in [0.5, 0.6) is 0 Å². The van der Waals surface area contributed by atoms with Crippen LogP contribution in [0, 0.1) is 0 Å². The lowest BCUT2D eigenvalue weighted by molar-refractivity contribution is 0.178. The zero-order chi connectivity index (χ0) is 13.1. The Morgan fingerprint density at radius 3 is 2.22 bits per heavy atom. The smallest absolute Gasteiger partial charge is 0.157 e. The standard InChI is InChI=1S/C12H9Cl3N2O/c1-18-6-9-16-11(14)10(12(15)17-9)7-4-2-3-5-8(7)13/h2-5H,6H2,1H3. The Hall–Kier alpha value is -0.870. The summed E-state index contributed by atoms with van der Waals surface area (Å²) in [5, 5.41) is 1.06. The molecule has 2 aromatic rings. The topological polar surface area (TPSA) is 35.0 Å². The van der Waals surface area contributed by atoms with Crippen LogP contribution in [0.15, 0.2) is 24.3 Å². The Morgan fingerprint density at radius 1 is 1.06 bits per heavy atom. The predicted molar refractivity (Wildman–Crippen MR) is 73.2 cm³/mol. The van der Waals surface area contributed by atoms with Gasteiger partial charge in [0.2, 0.25) is 0 Å². The normalized spacial score (nSPS) is 10.7. The lowest BCUT2D eigenvalue weighted by Crippen LogP contribution is -2.00. The van der Waals surface area contributed by atoms with E-state index in [0.29, 0.717) is 22.0 Å². The number of halogens is 3. The third-order valence-electron chi connectivity index (χ3n) is 2.28. The van der Waals surface area contributed by atoms with Gasteiger partial charge in [0.1, 0.15) is 16.9 Å². The molecule has 3 nitrogen and oxygen atoms in total. The molecule has 0 radical (unpaired) electrons. The van der Waals surface area contributed by atoms with E-state index in [9.17, 15) is 0 Å². The Balaban J connectivity index is 2.56. The summed E-state index contributed by atoms with van der Waals surface area (Å²) in [6, 6.07) is 7.24. The summed E-state index contributed by atoms with van der Waals surface area (Å²) >= 11 is 18.4. The van der Waals surface area contributed by atoms with Gasteiger partial charge in [0, 0.05) is 17.7 Å². The van der Waals surface area contributed by atoms with E-state index in [4.69, 9.17) is 39.5 Å². The zero-order valence-electron chi connectivity index (χ0n) is 9.45. The fourth-order valence-electron chi connectivity index (χ4n) is 1.53. The summed E-state index contributed by atoms with van der Waals surface area (Å²) in [6.45, 7) is 0.252. The van der Waals surface area contributed by atoms with Crippen molar-refractivity contribution in [3.8, 4) is 11.1 Å². The van der Waals surface area contributed by atoms with Crippen LogP contribution < -0.4 is 0 Å². The fraction of sp³-hybridized carbons (Fsp3) is 0.167. The molecule has 0 aliphatic rings. The average Bonchev–Trinajstić information content (AvgIpc) is 2.31. The average molecular weight is 304 g/mol. The quantitative estimate of drug-likeness (QED) is 0.795. The third kappa shape index (κ3) is 2.75. The maximum absolute atomic E-state index is 6.13. The van der Waals surface area contributed by atoms with Crippen molar-refractivity contribution in [1.82, 2.24) is 9.97 Å². The number of hydrogen-bond acceptors (Lipinski definition) is 3. The lowest BCUT2D eigenvalue weighted by Gasteiger charge is -2.09. The van der Waals surface area contributed by atoms with Crippen LogP contribution in [0.25, 0.3) is 11.1 Å². The van der Waals surface area contributed by atoms with E-state index >= 15 is 0 Å². The maximum Gasteiger partial charge on any atom is 0.157 e. The SMILES string of the molecule is COCc1nc(Cl)c(-c2ccccc2Cl)c(Cl)n1. The van der Waals surface area contributed by atoms with Crippen LogP contribution >= 0.6 is 34.8 Å². The minimum atomic E-state index is 0.252. The van der Waals surface area contributed by atoms with E-state index in [-0.39, 0.29) is 16.9 Å². The molecule has 0 aliphatic heterocycles. The second kappa shape index (κ2) is 5.85. The van der Waals surface area contributed by atoms with Crippen LogP contribution in [0.2, 0.25) is 15.3 Å². The summed E-state index contributed by atoms with van der Waals surface area (Å²) < 4.78 is 4.94. The number of ether oxygens (including phenoxy) is 1. The van der Waals surface area contributed by atoms with Crippen molar-refractivity contribution < 1.29 is 4.74 Å². The summed E-state index contributed by atoms with van der Waals surface area (Å²) in [5.41, 5.74) is 1.24. The van der Waals surface area contributed by atoms with Crippen molar-refractivity contribution in [3.63, 3.8) is 0 Å². The number of hydrogen-bond donors (Lipinski definition) is 0. The van der Waals surface area contributed by atoms with Crippen molar-refractivity contribution in [3.05, 3.63) is 45.4 Å². The van der Waals surface area contributed by atoms with E-state index < -0.39 is 0 Å². The summed E-state index contributed by atoms with van der Waals surface area (Å²) in [5.74, 6) is 0.434.